The van der Waals surface area contributed by atoms with Crippen LogP contribution in [0.5, 0.6) is 0 Å². The van der Waals surface area contributed by atoms with E-state index in [-0.39, 0.29) is 37.2 Å². The third kappa shape index (κ3) is 21.3. The Morgan fingerprint density at radius 2 is 0.786 bits per heavy atom. The number of carbonyl (C=O) groups excluding carboxylic acids is 12. The van der Waals surface area contributed by atoms with E-state index < -0.39 is 145 Å². The van der Waals surface area contributed by atoms with E-state index in [0.29, 0.717) is 0 Å². The fraction of sp³-hybridized carbons (Fsp3) is 0.565. The first kappa shape index (κ1) is 60.6. The van der Waals surface area contributed by atoms with Gasteiger partial charge in [0.2, 0.25) is 24.4 Å². The van der Waals surface area contributed by atoms with E-state index in [1.54, 1.807) is 55.4 Å². The summed E-state index contributed by atoms with van der Waals surface area (Å²) in [5, 5.41) is 0. The van der Waals surface area contributed by atoms with Gasteiger partial charge < -0.3 is 56.8 Å². The Morgan fingerprint density at radius 1 is 0.500 bits per heavy atom. The highest BCUT2D eigenvalue weighted by Crippen LogP contribution is 2.32. The molecule has 0 spiro atoms. The van der Waals surface area contributed by atoms with E-state index in [1.807, 2.05) is 0 Å². The second-order valence-electron chi connectivity index (χ2n) is 18.0. The lowest BCUT2D eigenvalue weighted by Crippen LogP contribution is -2.36. The topological polar surface area (TPSA) is 316 Å². The van der Waals surface area contributed by atoms with Crippen LogP contribution in [0.15, 0.2) is 49.6 Å². The van der Waals surface area contributed by atoms with E-state index >= 15 is 0 Å². The maximum Gasteiger partial charge on any atom is 0.348 e. The van der Waals surface area contributed by atoms with Gasteiger partial charge in [-0.25, -0.2) is 57.5 Å². The maximum atomic E-state index is 11.4. The van der Waals surface area contributed by atoms with E-state index in [2.05, 4.69) is 45.3 Å². The van der Waals surface area contributed by atoms with Gasteiger partial charge in [0.25, 0.3) is 0 Å². The van der Waals surface area contributed by atoms with Crippen LogP contribution in [0.3, 0.4) is 0 Å². The summed E-state index contributed by atoms with van der Waals surface area (Å²) in [6.45, 7) is 28.1. The van der Waals surface area contributed by atoms with Gasteiger partial charge in [0.15, 0.2) is 26.4 Å². The molecule has 4 aliphatic rings. The standard InChI is InChI=1S/2C12H16O6.2C11H14O6/c1-7(2)10(14)16-5-8(13)18-9-11(15)17-6-12(9,3)4;1-7(2)10(14)16-6-9(13)17-8-5-12(3,4)18-11(8)15;1-4-8(12)15-6-9(13)16-7-5-11(2,3)17-10(7)14;1-4-7(12)15-5-8(13)17-9-10(14)16-6-11(9,2)3/h9H,1,5-6H2,2-4H3;8H,1,5-6H2,2-4H3;4,7H,1,5-6H2,2-3H3;4,9H,1,5-6H2,2-3H3. The molecule has 4 unspecified atom stereocenters. The Morgan fingerprint density at radius 3 is 1.01 bits per heavy atom. The summed E-state index contributed by atoms with van der Waals surface area (Å²) in [6, 6.07) is 0. The van der Waals surface area contributed by atoms with Crippen LogP contribution >= 0.6 is 0 Å². The smallest absolute Gasteiger partial charge is 0.348 e. The predicted octanol–water partition coefficient (Wildman–Crippen LogP) is 1.91. The number of ether oxygens (including phenoxy) is 12. The lowest BCUT2D eigenvalue weighted by Gasteiger charge is -2.21. The fourth-order valence-corrected chi connectivity index (χ4v) is 5.46. The van der Waals surface area contributed by atoms with Gasteiger partial charge >= 0.3 is 71.6 Å². The Kier molecular flexibility index (Phi) is 22.8. The summed E-state index contributed by atoms with van der Waals surface area (Å²) in [6.07, 6.45) is -1.36. The molecule has 0 bridgehead atoms. The maximum absolute atomic E-state index is 11.4. The number of cyclic esters (lactones) is 4. The average Bonchev–Trinajstić information content (AvgIpc) is 3.88. The van der Waals surface area contributed by atoms with Gasteiger partial charge in [-0.15, -0.1) is 0 Å². The van der Waals surface area contributed by atoms with Gasteiger partial charge in [0, 0.05) is 47.0 Å². The summed E-state index contributed by atoms with van der Waals surface area (Å²) in [7, 11) is 0. The zero-order chi connectivity index (χ0) is 53.9. The van der Waals surface area contributed by atoms with Crippen LogP contribution < -0.4 is 0 Å². The van der Waals surface area contributed by atoms with Crippen molar-refractivity contribution in [2.45, 2.75) is 118 Å². The number of carbonyl (C=O) groups is 12. The van der Waals surface area contributed by atoms with Crippen molar-refractivity contribution in [2.75, 3.05) is 39.6 Å². The molecule has 4 atom stereocenters. The van der Waals surface area contributed by atoms with Gasteiger partial charge in [0.05, 0.1) is 0 Å². The van der Waals surface area contributed by atoms with Crippen LogP contribution in [0.25, 0.3) is 0 Å². The van der Waals surface area contributed by atoms with Crippen molar-refractivity contribution in [3.8, 4) is 0 Å². The van der Waals surface area contributed by atoms with Crippen LogP contribution in [0.4, 0.5) is 0 Å². The van der Waals surface area contributed by atoms with Crippen molar-refractivity contribution < 1.29 is 114 Å². The van der Waals surface area contributed by atoms with Crippen molar-refractivity contribution >= 4 is 71.6 Å². The summed E-state index contributed by atoms with van der Waals surface area (Å²) < 4.78 is 57.3. The molecule has 0 amide bonds. The fourth-order valence-electron chi connectivity index (χ4n) is 5.46. The number of hydrogen-bond donors (Lipinski definition) is 0. The van der Waals surface area contributed by atoms with Crippen molar-refractivity contribution in [3.63, 3.8) is 0 Å². The Balaban J connectivity index is 0.000000467. The molecule has 0 saturated carbocycles. The SMILES string of the molecule is C=C(C)C(=O)OCC(=O)OC1C(=O)OCC1(C)C.C=C(C)C(=O)OCC(=O)OC1CC(C)(C)OC1=O.C=CC(=O)OCC(=O)OC1C(=O)OCC1(C)C.C=CC(=O)OCC(=O)OC1CC(C)(C)OC1=O. The average molecular weight is 997 g/mol. The molecule has 4 heterocycles. The van der Waals surface area contributed by atoms with Crippen molar-refractivity contribution in [2.24, 2.45) is 10.8 Å². The van der Waals surface area contributed by atoms with Gasteiger partial charge in [0.1, 0.15) is 24.4 Å². The molecule has 4 rings (SSSR count). The van der Waals surface area contributed by atoms with E-state index in [9.17, 15) is 57.5 Å². The zero-order valence-corrected chi connectivity index (χ0v) is 40.7. The molecule has 4 aliphatic heterocycles. The van der Waals surface area contributed by atoms with Gasteiger partial charge in [-0.2, -0.15) is 0 Å². The van der Waals surface area contributed by atoms with Gasteiger partial charge in [-0.3, -0.25) is 0 Å². The Bertz CT molecular complexity index is 2080. The highest BCUT2D eigenvalue weighted by atomic mass is 16.7. The quantitative estimate of drug-likeness (QED) is 0.121. The van der Waals surface area contributed by atoms with Crippen molar-refractivity contribution in [1.29, 1.82) is 0 Å². The lowest BCUT2D eigenvalue weighted by molar-refractivity contribution is -0.168. The molecule has 4 fully saturated rings. The van der Waals surface area contributed by atoms with E-state index in [1.165, 1.54) is 13.8 Å². The summed E-state index contributed by atoms with van der Waals surface area (Å²) >= 11 is 0. The molecule has 70 heavy (non-hydrogen) atoms. The molecule has 0 aromatic rings. The molecular formula is C46H60O24. The second kappa shape index (κ2) is 26.4. The summed E-state index contributed by atoms with van der Waals surface area (Å²) in [5.74, 6) is -8.31. The molecule has 24 heteroatoms. The predicted molar refractivity (Wildman–Crippen MR) is 232 cm³/mol. The van der Waals surface area contributed by atoms with Crippen LogP contribution in [0.1, 0.15) is 82.1 Å². The third-order valence-corrected chi connectivity index (χ3v) is 9.04. The Labute approximate surface area is 403 Å². The van der Waals surface area contributed by atoms with Crippen molar-refractivity contribution in [3.05, 3.63) is 49.6 Å². The van der Waals surface area contributed by atoms with Gasteiger partial charge in [-0.05, 0) is 41.5 Å². The molecule has 0 radical (unpaired) electrons. The molecule has 24 nitrogen and oxygen atoms in total. The number of esters is 12. The Hall–Kier alpha value is -7.40. The van der Waals surface area contributed by atoms with Crippen LogP contribution in [-0.2, 0) is 114 Å². The first-order chi connectivity index (χ1) is 32.1. The van der Waals surface area contributed by atoms with Crippen LogP contribution in [-0.4, -0.2) is 147 Å². The monoisotopic (exact) mass is 996 g/mol. The molecule has 0 aromatic carbocycles. The number of hydrogen-bond acceptors (Lipinski definition) is 24. The summed E-state index contributed by atoms with van der Waals surface area (Å²) in [5.41, 5.74) is -2.07. The molecule has 388 valence electrons. The molecule has 0 N–H and O–H groups in total. The van der Waals surface area contributed by atoms with Crippen LogP contribution in [0.2, 0.25) is 0 Å². The minimum atomic E-state index is -0.964. The first-order valence-electron chi connectivity index (χ1n) is 21.0. The molecular weight excluding hydrogens is 936 g/mol. The molecule has 0 aliphatic carbocycles. The second-order valence-corrected chi connectivity index (χ2v) is 18.0. The highest BCUT2D eigenvalue weighted by molar-refractivity contribution is 5.90. The molecule has 0 aromatic heterocycles. The van der Waals surface area contributed by atoms with Gasteiger partial charge in [-0.1, -0.05) is 54.0 Å². The highest BCUT2D eigenvalue weighted by Gasteiger charge is 2.48. The lowest BCUT2D eigenvalue weighted by atomic mass is 9.90. The third-order valence-electron chi connectivity index (χ3n) is 9.04. The zero-order valence-electron chi connectivity index (χ0n) is 40.7. The van der Waals surface area contributed by atoms with Crippen molar-refractivity contribution in [1.82, 2.24) is 0 Å². The summed E-state index contributed by atoms with van der Waals surface area (Å²) in [4.78, 5) is 134. The largest absolute Gasteiger partial charge is 0.462 e. The number of rotatable bonds is 16. The normalized spacial score (nSPS) is 21.3. The van der Waals surface area contributed by atoms with E-state index in [0.717, 1.165) is 12.2 Å². The molecule has 4 saturated heterocycles. The van der Waals surface area contributed by atoms with E-state index in [4.69, 9.17) is 37.9 Å². The minimum absolute atomic E-state index is 0.184. The van der Waals surface area contributed by atoms with Crippen LogP contribution in [0, 0.1) is 10.8 Å². The minimum Gasteiger partial charge on any atom is -0.462 e. The first-order valence-corrected chi connectivity index (χ1v) is 21.0.